The van der Waals surface area contributed by atoms with Crippen molar-refractivity contribution in [2.75, 3.05) is 14.2 Å². The number of ketones is 2. The molecule has 122 valence electrons. The molecule has 0 radical (unpaired) electrons. The number of hydrogen-bond donors (Lipinski definition) is 1. The Morgan fingerprint density at radius 1 is 1.09 bits per heavy atom. The Bertz CT molecular complexity index is 746. The summed E-state index contributed by atoms with van der Waals surface area (Å²) in [6.45, 7) is 3.59. The lowest BCUT2D eigenvalue weighted by atomic mass is 9.78. The van der Waals surface area contributed by atoms with Gasteiger partial charge in [-0.1, -0.05) is 0 Å². The van der Waals surface area contributed by atoms with Crippen molar-refractivity contribution in [1.82, 2.24) is 0 Å². The molecule has 0 fully saturated rings. The molecule has 6 nitrogen and oxygen atoms in total. The standard InChI is InChI=1S/C17H18O6/c1-7-5-9-12(8(2)23-7)17(20)13-10(21-3)6-11(22-4)16(19)14(13)15(9)18/h6-8,19H,5H2,1-4H3. The van der Waals surface area contributed by atoms with Gasteiger partial charge in [-0.3, -0.25) is 9.59 Å². The Morgan fingerprint density at radius 2 is 1.74 bits per heavy atom. The average molecular weight is 318 g/mol. The number of phenolic OH excluding ortho intramolecular Hbond substituents is 1. The van der Waals surface area contributed by atoms with E-state index in [0.717, 1.165) is 0 Å². The van der Waals surface area contributed by atoms with Crippen LogP contribution in [0.1, 0.15) is 41.0 Å². The number of aromatic hydroxyl groups is 1. The summed E-state index contributed by atoms with van der Waals surface area (Å²) in [5, 5.41) is 10.4. The molecule has 0 saturated heterocycles. The van der Waals surface area contributed by atoms with E-state index in [2.05, 4.69) is 0 Å². The fourth-order valence-corrected chi connectivity index (χ4v) is 3.32. The first-order chi connectivity index (χ1) is 10.9. The smallest absolute Gasteiger partial charge is 0.196 e. The minimum atomic E-state index is -0.479. The number of fused-ring (bicyclic) bond motifs is 1. The quantitative estimate of drug-likeness (QED) is 0.901. The molecule has 0 amide bonds. The second-order valence-corrected chi connectivity index (χ2v) is 5.72. The van der Waals surface area contributed by atoms with E-state index >= 15 is 0 Å². The van der Waals surface area contributed by atoms with Crippen LogP contribution in [0.2, 0.25) is 0 Å². The topological polar surface area (TPSA) is 82.1 Å². The average Bonchev–Trinajstić information content (AvgIpc) is 2.51. The van der Waals surface area contributed by atoms with Gasteiger partial charge >= 0.3 is 0 Å². The molecule has 1 aliphatic carbocycles. The zero-order valence-electron chi connectivity index (χ0n) is 13.4. The van der Waals surface area contributed by atoms with E-state index in [-0.39, 0.29) is 46.0 Å². The molecule has 0 saturated carbocycles. The number of carbonyl (C=O) groups is 2. The van der Waals surface area contributed by atoms with E-state index < -0.39 is 6.10 Å². The molecule has 1 aliphatic heterocycles. The van der Waals surface area contributed by atoms with Crippen molar-refractivity contribution < 1.29 is 28.9 Å². The molecule has 0 bridgehead atoms. The summed E-state index contributed by atoms with van der Waals surface area (Å²) in [6.07, 6.45) is -0.313. The minimum Gasteiger partial charge on any atom is -0.504 e. The fraction of sp³-hybridized carbons (Fsp3) is 0.412. The lowest BCUT2D eigenvalue weighted by Gasteiger charge is -2.33. The first-order valence-electron chi connectivity index (χ1n) is 7.36. The summed E-state index contributed by atoms with van der Waals surface area (Å²) in [6, 6.07) is 1.40. The van der Waals surface area contributed by atoms with E-state index in [9.17, 15) is 14.7 Å². The number of methoxy groups -OCH3 is 2. The van der Waals surface area contributed by atoms with Gasteiger partial charge in [0.1, 0.15) is 5.75 Å². The summed E-state index contributed by atoms with van der Waals surface area (Å²) in [4.78, 5) is 25.8. The Labute approximate surface area is 133 Å². The van der Waals surface area contributed by atoms with Gasteiger partial charge in [-0.15, -0.1) is 0 Å². The zero-order chi connectivity index (χ0) is 16.9. The number of hydrogen-bond acceptors (Lipinski definition) is 6. The Hall–Kier alpha value is -2.34. The molecule has 3 rings (SSSR count). The van der Waals surface area contributed by atoms with Crippen molar-refractivity contribution in [2.45, 2.75) is 32.5 Å². The summed E-state index contributed by atoms with van der Waals surface area (Å²) in [5.41, 5.74) is 0.772. The van der Waals surface area contributed by atoms with Crippen molar-refractivity contribution in [3.8, 4) is 17.2 Å². The number of carbonyl (C=O) groups excluding carboxylic acids is 2. The number of ether oxygens (including phenoxy) is 3. The molecule has 1 aromatic carbocycles. The van der Waals surface area contributed by atoms with Gasteiger partial charge in [-0.25, -0.2) is 0 Å². The second kappa shape index (κ2) is 5.38. The van der Waals surface area contributed by atoms with Crippen molar-refractivity contribution >= 4 is 11.6 Å². The van der Waals surface area contributed by atoms with Gasteiger partial charge in [-0.05, 0) is 13.8 Å². The van der Waals surface area contributed by atoms with Crippen LogP contribution in [-0.2, 0) is 4.74 Å². The highest BCUT2D eigenvalue weighted by molar-refractivity contribution is 6.29. The second-order valence-electron chi connectivity index (χ2n) is 5.72. The highest BCUT2D eigenvalue weighted by atomic mass is 16.5. The first kappa shape index (κ1) is 15.6. The monoisotopic (exact) mass is 318 g/mol. The van der Waals surface area contributed by atoms with Crippen LogP contribution in [0.4, 0.5) is 0 Å². The van der Waals surface area contributed by atoms with Gasteiger partial charge in [0, 0.05) is 23.6 Å². The molecule has 2 aliphatic rings. The zero-order valence-corrected chi connectivity index (χ0v) is 13.4. The van der Waals surface area contributed by atoms with Crippen molar-refractivity contribution in [1.29, 1.82) is 0 Å². The van der Waals surface area contributed by atoms with Crippen molar-refractivity contribution in [2.24, 2.45) is 0 Å². The molecule has 2 unspecified atom stereocenters. The molecular weight excluding hydrogens is 300 g/mol. The third kappa shape index (κ3) is 2.13. The first-order valence-corrected chi connectivity index (χ1v) is 7.36. The lowest BCUT2D eigenvalue weighted by Crippen LogP contribution is -2.36. The molecule has 0 spiro atoms. The maximum atomic E-state index is 12.9. The van der Waals surface area contributed by atoms with Crippen LogP contribution in [0, 0.1) is 0 Å². The maximum Gasteiger partial charge on any atom is 0.196 e. The number of phenols is 1. The number of Topliss-reactive ketones (excluding diaryl/α,β-unsaturated/α-hetero) is 2. The van der Waals surface area contributed by atoms with Crippen molar-refractivity contribution in [3.05, 3.63) is 28.3 Å². The van der Waals surface area contributed by atoms with E-state index in [1.54, 1.807) is 6.92 Å². The summed E-state index contributed by atoms with van der Waals surface area (Å²) in [7, 11) is 2.77. The van der Waals surface area contributed by atoms with E-state index in [0.29, 0.717) is 17.6 Å². The summed E-state index contributed by atoms with van der Waals surface area (Å²) >= 11 is 0. The molecule has 0 aromatic heterocycles. The number of benzene rings is 1. The Morgan fingerprint density at radius 3 is 2.35 bits per heavy atom. The largest absolute Gasteiger partial charge is 0.504 e. The Kier molecular flexibility index (Phi) is 3.64. The van der Waals surface area contributed by atoms with Gasteiger partial charge in [0.05, 0.1) is 37.6 Å². The normalized spacial score (nSPS) is 23.5. The van der Waals surface area contributed by atoms with Gasteiger partial charge in [0.2, 0.25) is 0 Å². The molecule has 1 N–H and O–H groups in total. The van der Waals surface area contributed by atoms with Crippen LogP contribution >= 0.6 is 0 Å². The molecule has 1 aromatic rings. The lowest BCUT2D eigenvalue weighted by molar-refractivity contribution is 0.0148. The third-order valence-corrected chi connectivity index (χ3v) is 4.30. The van der Waals surface area contributed by atoms with Crippen LogP contribution in [0.5, 0.6) is 17.2 Å². The highest BCUT2D eigenvalue weighted by Gasteiger charge is 2.42. The van der Waals surface area contributed by atoms with Gasteiger partial charge < -0.3 is 19.3 Å². The van der Waals surface area contributed by atoms with Gasteiger partial charge in [0.15, 0.2) is 23.1 Å². The van der Waals surface area contributed by atoms with Crippen LogP contribution < -0.4 is 9.47 Å². The maximum absolute atomic E-state index is 12.9. The Balaban J connectivity index is 2.30. The van der Waals surface area contributed by atoms with E-state index in [4.69, 9.17) is 14.2 Å². The molecule has 6 heteroatoms. The van der Waals surface area contributed by atoms with Gasteiger partial charge in [-0.2, -0.15) is 0 Å². The fourth-order valence-electron chi connectivity index (χ4n) is 3.32. The van der Waals surface area contributed by atoms with E-state index in [1.807, 2.05) is 6.92 Å². The van der Waals surface area contributed by atoms with Crippen molar-refractivity contribution in [3.63, 3.8) is 0 Å². The summed E-state index contributed by atoms with van der Waals surface area (Å²) < 4.78 is 16.0. The summed E-state index contributed by atoms with van der Waals surface area (Å²) in [5.74, 6) is -0.751. The SMILES string of the molecule is COc1cc(OC)c2c(c1O)C(=O)C1=C(C2=O)C(C)OC(C)C1. The van der Waals surface area contributed by atoms with Crippen LogP contribution in [0.25, 0.3) is 0 Å². The minimum absolute atomic E-state index is 0.0498. The van der Waals surface area contributed by atoms with Gasteiger partial charge in [0.25, 0.3) is 0 Å². The van der Waals surface area contributed by atoms with Crippen LogP contribution in [0.3, 0.4) is 0 Å². The molecule has 23 heavy (non-hydrogen) atoms. The highest BCUT2D eigenvalue weighted by Crippen LogP contribution is 2.46. The van der Waals surface area contributed by atoms with Crippen LogP contribution in [-0.4, -0.2) is 43.1 Å². The molecular formula is C17H18O6. The number of rotatable bonds is 2. The molecule has 1 heterocycles. The third-order valence-electron chi connectivity index (χ3n) is 4.30. The predicted octanol–water partition coefficient (Wildman–Crippen LogP) is 2.28. The van der Waals surface area contributed by atoms with E-state index in [1.165, 1.54) is 20.3 Å². The predicted molar refractivity (Wildman–Crippen MR) is 81.5 cm³/mol. The molecule has 2 atom stereocenters. The van der Waals surface area contributed by atoms with Crippen LogP contribution in [0.15, 0.2) is 17.2 Å².